The van der Waals surface area contributed by atoms with Crippen LogP contribution in [0.1, 0.15) is 25.7 Å². The van der Waals surface area contributed by atoms with E-state index in [9.17, 15) is 9.59 Å². The highest BCUT2D eigenvalue weighted by atomic mass is 16.4. The second-order valence-corrected chi connectivity index (χ2v) is 3.97. The van der Waals surface area contributed by atoms with Gasteiger partial charge in [-0.25, -0.2) is 4.79 Å². The first-order chi connectivity index (χ1) is 7.61. The molecule has 0 spiro atoms. The fraction of sp³-hybridized carbons (Fsp3) is 0.800. The first-order valence-electron chi connectivity index (χ1n) is 5.53. The quantitative estimate of drug-likeness (QED) is 0.581. The molecule has 16 heavy (non-hydrogen) atoms. The second-order valence-electron chi connectivity index (χ2n) is 3.97. The van der Waals surface area contributed by atoms with Gasteiger partial charge in [0.05, 0.1) is 0 Å². The molecule has 1 amide bonds. The molecular weight excluding hydrogens is 212 g/mol. The largest absolute Gasteiger partial charge is 0.481 e. The molecule has 0 bridgehead atoms. The lowest BCUT2D eigenvalue weighted by atomic mass is 10.2. The zero-order valence-electron chi connectivity index (χ0n) is 9.19. The van der Waals surface area contributed by atoms with Gasteiger partial charge in [0.2, 0.25) is 0 Å². The summed E-state index contributed by atoms with van der Waals surface area (Å²) >= 11 is 0. The van der Waals surface area contributed by atoms with Crippen molar-refractivity contribution in [1.29, 1.82) is 0 Å². The molecule has 0 aliphatic carbocycles. The van der Waals surface area contributed by atoms with Gasteiger partial charge in [-0.15, -0.1) is 0 Å². The van der Waals surface area contributed by atoms with E-state index in [1.54, 1.807) is 0 Å². The Morgan fingerprint density at radius 2 is 2.12 bits per heavy atom. The second kappa shape index (κ2) is 6.32. The molecule has 0 unspecified atom stereocenters. The third kappa shape index (κ3) is 4.06. The molecule has 6 heteroatoms. The summed E-state index contributed by atoms with van der Waals surface area (Å²) < 4.78 is 0. The highest BCUT2D eigenvalue weighted by Crippen LogP contribution is 2.16. The maximum absolute atomic E-state index is 10.8. The maximum atomic E-state index is 10.8. The van der Waals surface area contributed by atoms with Crippen LogP contribution < -0.4 is 5.32 Å². The molecule has 1 aliphatic heterocycles. The summed E-state index contributed by atoms with van der Waals surface area (Å²) in [6.07, 6.45) is 1.66. The van der Waals surface area contributed by atoms with E-state index in [1.807, 2.05) is 0 Å². The Hall–Kier alpha value is -1.30. The Morgan fingerprint density at radius 3 is 2.75 bits per heavy atom. The smallest absolute Gasteiger partial charge is 0.407 e. The fourth-order valence-corrected chi connectivity index (χ4v) is 1.93. The topological polar surface area (TPSA) is 89.9 Å². The minimum Gasteiger partial charge on any atom is -0.481 e. The molecule has 3 N–H and O–H groups in total. The lowest BCUT2D eigenvalue weighted by molar-refractivity contribution is -0.137. The van der Waals surface area contributed by atoms with Gasteiger partial charge in [0.1, 0.15) is 0 Å². The van der Waals surface area contributed by atoms with Crippen LogP contribution in [0.5, 0.6) is 0 Å². The third-order valence-electron chi connectivity index (χ3n) is 2.75. The number of rotatable bonds is 6. The normalized spacial score (nSPS) is 20.0. The fourth-order valence-electron chi connectivity index (χ4n) is 1.93. The zero-order valence-corrected chi connectivity index (χ0v) is 9.19. The van der Waals surface area contributed by atoms with Gasteiger partial charge in [0, 0.05) is 25.6 Å². The Morgan fingerprint density at radius 1 is 1.38 bits per heavy atom. The van der Waals surface area contributed by atoms with Crippen molar-refractivity contribution in [3.05, 3.63) is 0 Å². The molecule has 0 radical (unpaired) electrons. The summed E-state index contributed by atoms with van der Waals surface area (Å²) in [7, 11) is 0. The molecule has 1 rings (SSSR count). The Labute approximate surface area is 94.2 Å². The predicted octanol–water partition coefficient (Wildman–Crippen LogP) is 0.583. The van der Waals surface area contributed by atoms with Gasteiger partial charge in [0.25, 0.3) is 0 Å². The minimum atomic E-state index is -0.866. The Kier molecular flexibility index (Phi) is 5.04. The van der Waals surface area contributed by atoms with Crippen LogP contribution in [-0.2, 0) is 4.79 Å². The van der Waals surface area contributed by atoms with Crippen LogP contribution in [0.3, 0.4) is 0 Å². The molecule has 0 saturated carbocycles. The molecule has 1 heterocycles. The number of carbonyl (C=O) groups is 2. The van der Waals surface area contributed by atoms with Gasteiger partial charge in [-0.05, 0) is 25.8 Å². The van der Waals surface area contributed by atoms with Crippen LogP contribution >= 0.6 is 0 Å². The zero-order chi connectivity index (χ0) is 12.0. The van der Waals surface area contributed by atoms with E-state index in [1.165, 1.54) is 4.90 Å². The number of likely N-dealkylation sites (tertiary alicyclic amines) is 1. The molecular formula is C10H18N2O4. The van der Waals surface area contributed by atoms with Crippen molar-refractivity contribution in [3.63, 3.8) is 0 Å². The molecule has 6 nitrogen and oxygen atoms in total. The van der Waals surface area contributed by atoms with Crippen molar-refractivity contribution in [2.75, 3.05) is 19.6 Å². The standard InChI is InChI=1S/C10H18N2O4/c13-9(14)4-1-5-11-7-8-3-2-6-12(8)10(15)16/h8,11H,1-7H2,(H,13,14)(H,15,16)/t8-/m0/s1. The van der Waals surface area contributed by atoms with Crippen molar-refractivity contribution in [2.45, 2.75) is 31.7 Å². The van der Waals surface area contributed by atoms with Crippen LogP contribution in [0.4, 0.5) is 4.79 Å². The van der Waals surface area contributed by atoms with Gasteiger partial charge in [-0.3, -0.25) is 4.79 Å². The molecule has 0 aromatic rings. The summed E-state index contributed by atoms with van der Waals surface area (Å²) in [5.41, 5.74) is 0. The van der Waals surface area contributed by atoms with E-state index in [-0.39, 0.29) is 12.5 Å². The molecule has 1 atom stereocenters. The van der Waals surface area contributed by atoms with Gasteiger partial charge >= 0.3 is 12.1 Å². The van der Waals surface area contributed by atoms with Crippen LogP contribution in [0.15, 0.2) is 0 Å². The summed E-state index contributed by atoms with van der Waals surface area (Å²) in [6.45, 7) is 1.85. The Balaban J connectivity index is 2.12. The lowest BCUT2D eigenvalue weighted by Gasteiger charge is -2.21. The van der Waals surface area contributed by atoms with E-state index in [0.29, 0.717) is 26.1 Å². The molecule has 0 aromatic carbocycles. The number of nitrogens with one attached hydrogen (secondary N) is 1. The summed E-state index contributed by atoms with van der Waals surface area (Å²) in [5.74, 6) is -0.796. The van der Waals surface area contributed by atoms with E-state index in [4.69, 9.17) is 10.2 Å². The summed E-state index contributed by atoms with van der Waals surface area (Å²) in [4.78, 5) is 22.5. The van der Waals surface area contributed by atoms with Gasteiger partial charge in [-0.1, -0.05) is 0 Å². The third-order valence-corrected chi connectivity index (χ3v) is 2.75. The van der Waals surface area contributed by atoms with Gasteiger partial charge in [0.15, 0.2) is 0 Å². The predicted molar refractivity (Wildman–Crippen MR) is 57.5 cm³/mol. The summed E-state index contributed by atoms with van der Waals surface area (Å²) in [5, 5.41) is 20.4. The van der Waals surface area contributed by atoms with Crippen molar-refractivity contribution >= 4 is 12.1 Å². The number of carboxylic acids is 1. The minimum absolute atomic E-state index is 0.0438. The molecule has 92 valence electrons. The monoisotopic (exact) mass is 230 g/mol. The maximum Gasteiger partial charge on any atom is 0.407 e. The molecule has 1 fully saturated rings. The average Bonchev–Trinajstić information content (AvgIpc) is 2.65. The highest BCUT2D eigenvalue weighted by Gasteiger charge is 2.27. The van der Waals surface area contributed by atoms with Crippen molar-refractivity contribution in [1.82, 2.24) is 10.2 Å². The average molecular weight is 230 g/mol. The van der Waals surface area contributed by atoms with E-state index in [2.05, 4.69) is 5.32 Å². The summed E-state index contributed by atoms with van der Waals surface area (Å²) in [6, 6.07) is 0.0438. The SMILES string of the molecule is O=C(O)CCCNC[C@@H]1CCCN1C(=O)O. The highest BCUT2D eigenvalue weighted by molar-refractivity contribution is 5.66. The van der Waals surface area contributed by atoms with E-state index >= 15 is 0 Å². The van der Waals surface area contributed by atoms with Crippen molar-refractivity contribution < 1.29 is 19.8 Å². The number of hydrogen-bond donors (Lipinski definition) is 3. The van der Waals surface area contributed by atoms with E-state index in [0.717, 1.165) is 12.8 Å². The lowest BCUT2D eigenvalue weighted by Crippen LogP contribution is -2.41. The van der Waals surface area contributed by atoms with Crippen LogP contribution in [0.2, 0.25) is 0 Å². The molecule has 1 saturated heterocycles. The molecule has 1 aliphatic rings. The molecule has 0 aromatic heterocycles. The van der Waals surface area contributed by atoms with Gasteiger partial charge < -0.3 is 20.4 Å². The van der Waals surface area contributed by atoms with Gasteiger partial charge in [-0.2, -0.15) is 0 Å². The van der Waals surface area contributed by atoms with Crippen molar-refractivity contribution in [2.24, 2.45) is 0 Å². The Bertz CT molecular complexity index is 257. The van der Waals surface area contributed by atoms with E-state index < -0.39 is 12.1 Å². The van der Waals surface area contributed by atoms with Crippen LogP contribution in [-0.4, -0.2) is 52.9 Å². The number of hydrogen-bond acceptors (Lipinski definition) is 3. The number of nitrogens with zero attached hydrogens (tertiary/aromatic N) is 1. The van der Waals surface area contributed by atoms with Crippen LogP contribution in [0, 0.1) is 0 Å². The number of carboxylic acid groups (broad SMARTS) is 2. The number of amides is 1. The van der Waals surface area contributed by atoms with Crippen LogP contribution in [0.25, 0.3) is 0 Å². The van der Waals surface area contributed by atoms with Crippen molar-refractivity contribution in [3.8, 4) is 0 Å². The first kappa shape index (κ1) is 12.8. The number of aliphatic carboxylic acids is 1. The first-order valence-corrected chi connectivity index (χ1v) is 5.53.